The van der Waals surface area contributed by atoms with E-state index in [0.717, 1.165) is 18.4 Å². The van der Waals surface area contributed by atoms with Crippen LogP contribution >= 0.6 is 0 Å². The van der Waals surface area contributed by atoms with E-state index in [2.05, 4.69) is 31.6 Å². The number of benzene rings is 1. The minimum Gasteiger partial charge on any atom is -0.369 e. The van der Waals surface area contributed by atoms with E-state index in [4.69, 9.17) is 11.5 Å². The molecule has 0 aliphatic heterocycles. The van der Waals surface area contributed by atoms with Crippen LogP contribution in [0.2, 0.25) is 0 Å². The lowest BCUT2D eigenvalue weighted by molar-refractivity contribution is 0.290. The van der Waals surface area contributed by atoms with Gasteiger partial charge in [0.1, 0.15) is 5.82 Å². The first-order valence-electron chi connectivity index (χ1n) is 6.41. The van der Waals surface area contributed by atoms with Gasteiger partial charge in [0.05, 0.1) is 0 Å². The molecular weight excluding hydrogens is 239 g/mol. The molecule has 2 unspecified atom stereocenters. The zero-order chi connectivity index (χ0) is 14.0. The van der Waals surface area contributed by atoms with Gasteiger partial charge in [-0.1, -0.05) is 37.7 Å². The standard InChI is InChI=1S/C17H17FO/c1-4-14(19)7-5-13-6-8-15(16(18)11-13)12(2)17(3)9-10-17/h1,6,8,11-12,14,19H,9-10H2,2-3H3. The minimum atomic E-state index is -1.10. The van der Waals surface area contributed by atoms with E-state index in [1.165, 1.54) is 6.07 Å². The monoisotopic (exact) mass is 256 g/mol. The first-order valence-corrected chi connectivity index (χ1v) is 6.41. The van der Waals surface area contributed by atoms with Crippen LogP contribution in [0.5, 0.6) is 0 Å². The Labute approximate surface area is 113 Å². The van der Waals surface area contributed by atoms with Crippen molar-refractivity contribution < 1.29 is 9.50 Å². The molecule has 1 saturated carbocycles. The molecule has 19 heavy (non-hydrogen) atoms. The summed E-state index contributed by atoms with van der Waals surface area (Å²) in [4.78, 5) is 0. The summed E-state index contributed by atoms with van der Waals surface area (Å²) in [6.45, 7) is 4.26. The fourth-order valence-corrected chi connectivity index (χ4v) is 2.16. The average Bonchev–Trinajstić information content (AvgIpc) is 3.14. The van der Waals surface area contributed by atoms with E-state index in [1.54, 1.807) is 12.1 Å². The van der Waals surface area contributed by atoms with Crippen molar-refractivity contribution in [3.8, 4) is 24.2 Å². The normalized spacial score (nSPS) is 18.7. The fourth-order valence-electron chi connectivity index (χ4n) is 2.16. The SMILES string of the molecule is C#CC(O)C#Cc1ccc(C(C)C2(C)CC2)c(F)c1. The van der Waals surface area contributed by atoms with Crippen LogP contribution in [0.25, 0.3) is 0 Å². The number of hydrogen-bond donors (Lipinski definition) is 1. The molecule has 1 aromatic rings. The van der Waals surface area contributed by atoms with E-state index >= 15 is 0 Å². The van der Waals surface area contributed by atoms with E-state index in [1.807, 2.05) is 0 Å². The Morgan fingerprint density at radius 1 is 1.42 bits per heavy atom. The molecule has 0 radical (unpaired) electrons. The maximum Gasteiger partial charge on any atom is 0.176 e. The van der Waals surface area contributed by atoms with Gasteiger partial charge >= 0.3 is 0 Å². The minimum absolute atomic E-state index is 0.214. The number of hydrogen-bond acceptors (Lipinski definition) is 1. The van der Waals surface area contributed by atoms with Gasteiger partial charge < -0.3 is 5.11 Å². The summed E-state index contributed by atoms with van der Waals surface area (Å²) in [5, 5.41) is 9.14. The Kier molecular flexibility index (Phi) is 3.65. The average molecular weight is 256 g/mol. The van der Waals surface area contributed by atoms with Gasteiger partial charge in [0.2, 0.25) is 0 Å². The van der Waals surface area contributed by atoms with Crippen LogP contribution in [0.3, 0.4) is 0 Å². The second-order valence-electron chi connectivity index (χ2n) is 5.45. The molecule has 0 heterocycles. The number of aliphatic hydroxyl groups is 1. The Morgan fingerprint density at radius 2 is 2.11 bits per heavy atom. The molecule has 0 spiro atoms. The summed E-state index contributed by atoms with van der Waals surface area (Å²) in [5.74, 6) is 7.22. The second-order valence-corrected chi connectivity index (χ2v) is 5.45. The molecular formula is C17H17FO. The molecule has 0 saturated heterocycles. The highest BCUT2D eigenvalue weighted by atomic mass is 19.1. The summed E-state index contributed by atoms with van der Waals surface area (Å²) >= 11 is 0. The van der Waals surface area contributed by atoms with Crippen LogP contribution in [0, 0.1) is 35.4 Å². The largest absolute Gasteiger partial charge is 0.369 e. The summed E-state index contributed by atoms with van der Waals surface area (Å²) in [6, 6.07) is 4.97. The zero-order valence-electron chi connectivity index (χ0n) is 11.2. The molecule has 1 nitrogen and oxygen atoms in total. The lowest BCUT2D eigenvalue weighted by Gasteiger charge is -2.19. The van der Waals surface area contributed by atoms with Crippen molar-refractivity contribution in [2.45, 2.75) is 38.7 Å². The molecule has 1 aliphatic rings. The van der Waals surface area contributed by atoms with Crippen LogP contribution in [-0.4, -0.2) is 11.2 Å². The van der Waals surface area contributed by atoms with E-state index in [0.29, 0.717) is 5.56 Å². The van der Waals surface area contributed by atoms with Crippen LogP contribution in [0.15, 0.2) is 18.2 Å². The first-order chi connectivity index (χ1) is 8.96. The predicted octanol–water partition coefficient (Wildman–Crippen LogP) is 3.07. The highest BCUT2D eigenvalue weighted by Gasteiger charge is 2.43. The maximum absolute atomic E-state index is 14.1. The van der Waals surface area contributed by atoms with Crippen molar-refractivity contribution in [2.24, 2.45) is 5.41 Å². The van der Waals surface area contributed by atoms with Gasteiger partial charge in [0.25, 0.3) is 0 Å². The van der Waals surface area contributed by atoms with Crippen molar-refractivity contribution in [3.05, 3.63) is 35.1 Å². The Balaban J connectivity index is 2.22. The highest BCUT2D eigenvalue weighted by Crippen LogP contribution is 2.55. The summed E-state index contributed by atoms with van der Waals surface area (Å²) < 4.78 is 14.1. The van der Waals surface area contributed by atoms with Gasteiger partial charge in [-0.25, -0.2) is 4.39 Å². The molecule has 2 atom stereocenters. The first kappa shape index (κ1) is 13.7. The maximum atomic E-state index is 14.1. The molecule has 98 valence electrons. The molecule has 2 rings (SSSR count). The summed E-state index contributed by atoms with van der Waals surface area (Å²) in [5.41, 5.74) is 1.51. The molecule has 1 aliphatic carbocycles. The molecule has 1 aromatic carbocycles. The van der Waals surface area contributed by atoms with E-state index in [-0.39, 0.29) is 17.2 Å². The lowest BCUT2D eigenvalue weighted by atomic mass is 9.85. The predicted molar refractivity (Wildman–Crippen MR) is 73.9 cm³/mol. The van der Waals surface area contributed by atoms with Crippen LogP contribution in [0.4, 0.5) is 4.39 Å². The van der Waals surface area contributed by atoms with Crippen molar-refractivity contribution in [2.75, 3.05) is 0 Å². The fraction of sp³-hybridized carbons (Fsp3) is 0.412. The lowest BCUT2D eigenvalue weighted by Crippen LogP contribution is -2.08. The molecule has 1 N–H and O–H groups in total. The smallest absolute Gasteiger partial charge is 0.176 e. The number of rotatable bonds is 2. The van der Waals surface area contributed by atoms with Crippen LogP contribution in [0.1, 0.15) is 43.7 Å². The molecule has 0 aromatic heterocycles. The van der Waals surface area contributed by atoms with Crippen molar-refractivity contribution in [3.63, 3.8) is 0 Å². The van der Waals surface area contributed by atoms with Gasteiger partial charge in [-0.3, -0.25) is 0 Å². The molecule has 0 amide bonds. The van der Waals surface area contributed by atoms with Crippen molar-refractivity contribution in [1.29, 1.82) is 0 Å². The highest BCUT2D eigenvalue weighted by molar-refractivity contribution is 5.40. The van der Waals surface area contributed by atoms with E-state index in [9.17, 15) is 4.39 Å². The third kappa shape index (κ3) is 2.98. The van der Waals surface area contributed by atoms with Crippen LogP contribution < -0.4 is 0 Å². The van der Waals surface area contributed by atoms with Gasteiger partial charge in [-0.2, -0.15) is 0 Å². The van der Waals surface area contributed by atoms with Gasteiger partial charge in [-0.05, 0) is 41.9 Å². The zero-order valence-corrected chi connectivity index (χ0v) is 11.2. The molecule has 2 heteroatoms. The molecule has 0 bridgehead atoms. The van der Waals surface area contributed by atoms with Crippen molar-refractivity contribution in [1.82, 2.24) is 0 Å². The Hall–Kier alpha value is -1.77. The third-order valence-electron chi connectivity index (χ3n) is 4.06. The molecule has 1 fully saturated rings. The van der Waals surface area contributed by atoms with E-state index < -0.39 is 6.10 Å². The second kappa shape index (κ2) is 5.08. The van der Waals surface area contributed by atoms with Gasteiger partial charge in [0.15, 0.2) is 6.10 Å². The van der Waals surface area contributed by atoms with Crippen molar-refractivity contribution >= 4 is 0 Å². The Bertz CT molecular complexity index is 582. The van der Waals surface area contributed by atoms with Gasteiger partial charge in [-0.15, -0.1) is 6.42 Å². The number of aliphatic hydroxyl groups excluding tert-OH is 1. The number of terminal acetylenes is 1. The Morgan fingerprint density at radius 3 is 2.63 bits per heavy atom. The third-order valence-corrected chi connectivity index (χ3v) is 4.06. The van der Waals surface area contributed by atoms with Gasteiger partial charge in [0, 0.05) is 5.56 Å². The quantitative estimate of drug-likeness (QED) is 0.806. The summed E-state index contributed by atoms with van der Waals surface area (Å²) in [7, 11) is 0. The summed E-state index contributed by atoms with van der Waals surface area (Å²) in [6.07, 6.45) is 6.22. The van der Waals surface area contributed by atoms with Crippen LogP contribution in [-0.2, 0) is 0 Å². The topological polar surface area (TPSA) is 20.2 Å². The number of halogens is 1.